The maximum Gasteiger partial charge on any atom is 0.338 e. The van der Waals surface area contributed by atoms with E-state index in [4.69, 9.17) is 4.74 Å². The van der Waals surface area contributed by atoms with E-state index in [9.17, 15) is 4.79 Å². The first-order valence-electron chi connectivity index (χ1n) is 8.54. The average Bonchev–Trinajstić information content (AvgIpc) is 2.52. The molecule has 0 amide bonds. The summed E-state index contributed by atoms with van der Waals surface area (Å²) in [5.74, 6) is -0.176. The van der Waals surface area contributed by atoms with E-state index in [2.05, 4.69) is 13.8 Å². The summed E-state index contributed by atoms with van der Waals surface area (Å²) in [4.78, 5) is 12.1. The summed E-state index contributed by atoms with van der Waals surface area (Å²) in [5.41, 5.74) is 0.657. The van der Waals surface area contributed by atoms with Crippen molar-refractivity contribution in [1.29, 1.82) is 0 Å². The fourth-order valence-corrected chi connectivity index (χ4v) is 2.46. The maximum atomic E-state index is 12.1. The summed E-state index contributed by atoms with van der Waals surface area (Å²) in [5, 5.41) is 0. The van der Waals surface area contributed by atoms with E-state index in [-0.39, 0.29) is 12.1 Å². The fourth-order valence-electron chi connectivity index (χ4n) is 2.46. The van der Waals surface area contributed by atoms with Crippen molar-refractivity contribution in [3.05, 3.63) is 35.9 Å². The van der Waals surface area contributed by atoms with Gasteiger partial charge in [0, 0.05) is 0 Å². The van der Waals surface area contributed by atoms with Gasteiger partial charge in [-0.05, 0) is 31.4 Å². The van der Waals surface area contributed by atoms with Gasteiger partial charge >= 0.3 is 5.97 Å². The summed E-state index contributed by atoms with van der Waals surface area (Å²) >= 11 is 0. The topological polar surface area (TPSA) is 26.3 Å². The highest BCUT2D eigenvalue weighted by molar-refractivity contribution is 5.89. The third-order valence-corrected chi connectivity index (χ3v) is 3.79. The monoisotopic (exact) mass is 290 g/mol. The summed E-state index contributed by atoms with van der Waals surface area (Å²) in [6, 6.07) is 9.31. The second-order valence-electron chi connectivity index (χ2n) is 5.74. The number of carbonyl (C=O) groups is 1. The molecule has 1 rings (SSSR count). The molecule has 0 aliphatic heterocycles. The summed E-state index contributed by atoms with van der Waals surface area (Å²) < 4.78 is 5.71. The molecule has 1 atom stereocenters. The second-order valence-corrected chi connectivity index (χ2v) is 5.74. The van der Waals surface area contributed by atoms with Gasteiger partial charge in [0.15, 0.2) is 0 Å². The lowest BCUT2D eigenvalue weighted by Crippen LogP contribution is -2.18. The van der Waals surface area contributed by atoms with Crippen LogP contribution in [0.1, 0.15) is 82.0 Å². The first kappa shape index (κ1) is 17.7. The molecule has 0 saturated heterocycles. The van der Waals surface area contributed by atoms with Gasteiger partial charge in [0.25, 0.3) is 0 Å². The first-order valence-corrected chi connectivity index (χ1v) is 8.54. The molecule has 0 saturated carbocycles. The summed E-state index contributed by atoms with van der Waals surface area (Å²) in [6.45, 7) is 4.41. The number of hydrogen-bond acceptors (Lipinski definition) is 2. The zero-order valence-corrected chi connectivity index (χ0v) is 13.6. The minimum Gasteiger partial charge on any atom is -0.459 e. The Labute approximate surface area is 129 Å². The second kappa shape index (κ2) is 11.4. The van der Waals surface area contributed by atoms with Crippen molar-refractivity contribution < 1.29 is 9.53 Å². The predicted octanol–water partition coefficient (Wildman–Crippen LogP) is 5.76. The molecule has 0 bridgehead atoms. The van der Waals surface area contributed by atoms with Gasteiger partial charge in [-0.3, -0.25) is 0 Å². The van der Waals surface area contributed by atoms with Crippen molar-refractivity contribution in [3.63, 3.8) is 0 Å². The van der Waals surface area contributed by atoms with Gasteiger partial charge in [-0.1, -0.05) is 70.6 Å². The Morgan fingerprint density at radius 3 is 2.19 bits per heavy atom. The van der Waals surface area contributed by atoms with Gasteiger partial charge < -0.3 is 4.74 Å². The lowest BCUT2D eigenvalue weighted by molar-refractivity contribution is 0.0250. The van der Waals surface area contributed by atoms with Crippen LogP contribution in [0.3, 0.4) is 0 Å². The number of benzene rings is 1. The molecule has 2 heteroatoms. The molecule has 0 aliphatic rings. The molecule has 2 nitrogen and oxygen atoms in total. The van der Waals surface area contributed by atoms with Crippen LogP contribution < -0.4 is 0 Å². The standard InChI is InChI=1S/C19H30O2/c1-3-5-7-8-12-16-18(15-6-4-2)21-19(20)17-13-10-9-11-14-17/h9-11,13-14,18H,3-8,12,15-16H2,1-2H3. The van der Waals surface area contributed by atoms with Crippen molar-refractivity contribution in [3.8, 4) is 0 Å². The van der Waals surface area contributed by atoms with E-state index in [1.165, 1.54) is 25.7 Å². The zero-order valence-electron chi connectivity index (χ0n) is 13.6. The number of rotatable bonds is 11. The largest absolute Gasteiger partial charge is 0.459 e. The predicted molar refractivity (Wildman–Crippen MR) is 88.5 cm³/mol. The molecule has 0 aromatic heterocycles. The Morgan fingerprint density at radius 2 is 1.52 bits per heavy atom. The third kappa shape index (κ3) is 7.89. The zero-order chi connectivity index (χ0) is 15.3. The number of carbonyl (C=O) groups excluding carboxylic acids is 1. The Balaban J connectivity index is 2.39. The van der Waals surface area contributed by atoms with Gasteiger partial charge in [0.05, 0.1) is 5.56 Å². The number of esters is 1. The molecule has 0 heterocycles. The van der Waals surface area contributed by atoms with E-state index in [1.54, 1.807) is 0 Å². The molecule has 1 aromatic carbocycles. The first-order chi connectivity index (χ1) is 10.3. The molecular formula is C19H30O2. The molecule has 0 radical (unpaired) electrons. The van der Waals surface area contributed by atoms with E-state index in [1.807, 2.05) is 30.3 Å². The molecule has 118 valence electrons. The SMILES string of the molecule is CCCCCCCC(CCCC)OC(=O)c1ccccc1. The van der Waals surface area contributed by atoms with Crippen LogP contribution in [0.5, 0.6) is 0 Å². The van der Waals surface area contributed by atoms with E-state index < -0.39 is 0 Å². The highest BCUT2D eigenvalue weighted by Gasteiger charge is 2.15. The van der Waals surface area contributed by atoms with Gasteiger partial charge in [0.2, 0.25) is 0 Å². The lowest BCUT2D eigenvalue weighted by atomic mass is 10.0. The molecule has 21 heavy (non-hydrogen) atoms. The summed E-state index contributed by atoms with van der Waals surface area (Å²) in [7, 11) is 0. The van der Waals surface area contributed by atoms with Crippen LogP contribution in [0.2, 0.25) is 0 Å². The highest BCUT2D eigenvalue weighted by Crippen LogP contribution is 2.16. The van der Waals surface area contributed by atoms with Crippen molar-refractivity contribution in [2.45, 2.75) is 77.7 Å². The molecule has 0 fully saturated rings. The molecule has 1 unspecified atom stereocenters. The van der Waals surface area contributed by atoms with Crippen LogP contribution >= 0.6 is 0 Å². The van der Waals surface area contributed by atoms with Crippen molar-refractivity contribution in [1.82, 2.24) is 0 Å². The summed E-state index contributed by atoms with van der Waals surface area (Å²) in [6.07, 6.45) is 10.6. The average molecular weight is 290 g/mol. The van der Waals surface area contributed by atoms with Gasteiger partial charge in [-0.25, -0.2) is 4.79 Å². The molecular weight excluding hydrogens is 260 g/mol. The maximum absolute atomic E-state index is 12.1. The quantitative estimate of drug-likeness (QED) is 0.382. The number of hydrogen-bond donors (Lipinski definition) is 0. The smallest absolute Gasteiger partial charge is 0.338 e. The minimum atomic E-state index is -0.176. The third-order valence-electron chi connectivity index (χ3n) is 3.79. The molecule has 1 aromatic rings. The van der Waals surface area contributed by atoms with Crippen molar-refractivity contribution in [2.24, 2.45) is 0 Å². The van der Waals surface area contributed by atoms with Crippen LogP contribution in [0.15, 0.2) is 30.3 Å². The fraction of sp³-hybridized carbons (Fsp3) is 0.632. The Bertz CT molecular complexity index is 372. The van der Waals surface area contributed by atoms with E-state index >= 15 is 0 Å². The van der Waals surface area contributed by atoms with Crippen molar-refractivity contribution in [2.75, 3.05) is 0 Å². The Morgan fingerprint density at radius 1 is 0.905 bits per heavy atom. The van der Waals surface area contributed by atoms with Crippen molar-refractivity contribution >= 4 is 5.97 Å². The molecule has 0 aliphatic carbocycles. The number of ether oxygens (including phenoxy) is 1. The van der Waals surface area contributed by atoms with Gasteiger partial charge in [-0.15, -0.1) is 0 Å². The van der Waals surface area contributed by atoms with Crippen LogP contribution in [0.25, 0.3) is 0 Å². The Kier molecular flexibility index (Phi) is 9.60. The van der Waals surface area contributed by atoms with Crippen LogP contribution in [0, 0.1) is 0 Å². The normalized spacial score (nSPS) is 12.1. The van der Waals surface area contributed by atoms with Crippen LogP contribution in [0.4, 0.5) is 0 Å². The van der Waals surface area contributed by atoms with Crippen LogP contribution in [-0.4, -0.2) is 12.1 Å². The van der Waals surface area contributed by atoms with Gasteiger partial charge in [0.1, 0.15) is 6.10 Å². The van der Waals surface area contributed by atoms with Gasteiger partial charge in [-0.2, -0.15) is 0 Å². The highest BCUT2D eigenvalue weighted by atomic mass is 16.5. The molecule has 0 spiro atoms. The Hall–Kier alpha value is -1.31. The minimum absolute atomic E-state index is 0.0827. The van der Waals surface area contributed by atoms with E-state index in [0.29, 0.717) is 5.56 Å². The number of unbranched alkanes of at least 4 members (excludes halogenated alkanes) is 5. The lowest BCUT2D eigenvalue weighted by Gasteiger charge is -2.17. The van der Waals surface area contributed by atoms with E-state index in [0.717, 1.165) is 32.1 Å². The van der Waals surface area contributed by atoms with Crippen LogP contribution in [-0.2, 0) is 4.74 Å². The molecule has 0 N–H and O–H groups in total.